The number of hydrogen-bond donors (Lipinski definition) is 1. The number of aryl methyl sites for hydroxylation is 1. The molecule has 0 amide bonds. The van der Waals surface area contributed by atoms with Crippen LogP contribution in [0.2, 0.25) is 0 Å². The van der Waals surface area contributed by atoms with E-state index in [0.29, 0.717) is 12.1 Å². The summed E-state index contributed by atoms with van der Waals surface area (Å²) in [5, 5.41) is 3.57. The van der Waals surface area contributed by atoms with E-state index in [1.165, 1.54) is 18.4 Å². The van der Waals surface area contributed by atoms with Gasteiger partial charge in [0.25, 0.3) is 0 Å². The Hall–Kier alpha value is -1.06. The molecule has 1 saturated heterocycles. The monoisotopic (exact) mass is 263 g/mol. The molecule has 1 aromatic carbocycles. The van der Waals surface area contributed by atoms with Crippen molar-refractivity contribution in [2.75, 3.05) is 20.3 Å². The maximum Gasteiger partial charge on any atom is 0.118 e. The van der Waals surface area contributed by atoms with Crippen molar-refractivity contribution >= 4 is 0 Å². The molecule has 0 radical (unpaired) electrons. The molecule has 1 heterocycles. The molecule has 3 heteroatoms. The summed E-state index contributed by atoms with van der Waals surface area (Å²) in [5.74, 6) is 0.922. The van der Waals surface area contributed by atoms with Crippen molar-refractivity contribution in [1.82, 2.24) is 5.32 Å². The molecule has 1 aromatic rings. The second kappa shape index (κ2) is 7.51. The smallest absolute Gasteiger partial charge is 0.118 e. The van der Waals surface area contributed by atoms with Crippen LogP contribution in [-0.4, -0.2) is 32.4 Å². The number of hydrogen-bond acceptors (Lipinski definition) is 3. The Bertz CT molecular complexity index is 358. The minimum Gasteiger partial charge on any atom is -0.497 e. The van der Waals surface area contributed by atoms with Gasteiger partial charge in [0, 0.05) is 12.6 Å². The largest absolute Gasteiger partial charge is 0.497 e. The zero-order chi connectivity index (χ0) is 13.5. The predicted molar refractivity (Wildman–Crippen MR) is 77.8 cm³/mol. The van der Waals surface area contributed by atoms with Crippen LogP contribution in [-0.2, 0) is 11.2 Å². The summed E-state index contributed by atoms with van der Waals surface area (Å²) in [6, 6.07) is 8.84. The zero-order valence-corrected chi connectivity index (χ0v) is 12.0. The van der Waals surface area contributed by atoms with Gasteiger partial charge in [-0.3, -0.25) is 0 Å². The number of ether oxygens (including phenoxy) is 2. The predicted octanol–water partition coefficient (Wildman–Crippen LogP) is 2.78. The summed E-state index contributed by atoms with van der Waals surface area (Å²) in [6.07, 6.45) is 5.01. The van der Waals surface area contributed by atoms with Crippen molar-refractivity contribution in [2.45, 2.75) is 44.8 Å². The van der Waals surface area contributed by atoms with Crippen LogP contribution >= 0.6 is 0 Å². The average molecular weight is 263 g/mol. The third-order valence-electron chi connectivity index (χ3n) is 3.78. The number of nitrogens with one attached hydrogen (secondary N) is 1. The quantitative estimate of drug-likeness (QED) is 0.820. The van der Waals surface area contributed by atoms with E-state index < -0.39 is 0 Å². The van der Waals surface area contributed by atoms with Gasteiger partial charge in [0.2, 0.25) is 0 Å². The fourth-order valence-corrected chi connectivity index (χ4v) is 2.72. The van der Waals surface area contributed by atoms with E-state index in [1.807, 2.05) is 12.1 Å². The van der Waals surface area contributed by atoms with Gasteiger partial charge in [0.1, 0.15) is 5.75 Å². The molecule has 106 valence electrons. The fourth-order valence-electron chi connectivity index (χ4n) is 2.72. The number of rotatable bonds is 7. The van der Waals surface area contributed by atoms with Gasteiger partial charge < -0.3 is 14.8 Å². The van der Waals surface area contributed by atoms with E-state index in [0.717, 1.165) is 31.7 Å². The van der Waals surface area contributed by atoms with Crippen LogP contribution in [0.25, 0.3) is 0 Å². The molecule has 1 N–H and O–H groups in total. The first-order valence-corrected chi connectivity index (χ1v) is 7.31. The van der Waals surface area contributed by atoms with Gasteiger partial charge in [-0.15, -0.1) is 0 Å². The van der Waals surface area contributed by atoms with Gasteiger partial charge in [-0.2, -0.15) is 0 Å². The number of likely N-dealkylation sites (N-methyl/N-ethyl adjacent to an activating group) is 1. The maximum absolute atomic E-state index is 5.81. The molecule has 2 rings (SSSR count). The van der Waals surface area contributed by atoms with Crippen LogP contribution in [0.15, 0.2) is 24.3 Å². The van der Waals surface area contributed by atoms with Gasteiger partial charge >= 0.3 is 0 Å². The molecule has 19 heavy (non-hydrogen) atoms. The van der Waals surface area contributed by atoms with E-state index >= 15 is 0 Å². The standard InChI is InChI=1S/C16H25NO2/c1-3-17-15(16-5-4-12-19-16)11-8-13-6-9-14(18-2)10-7-13/h6-7,9-10,15-17H,3-5,8,11-12H2,1-2H3. The van der Waals surface area contributed by atoms with Gasteiger partial charge in [0.05, 0.1) is 13.2 Å². The normalized spacial score (nSPS) is 20.4. The highest BCUT2D eigenvalue weighted by molar-refractivity contribution is 5.27. The minimum atomic E-state index is 0.401. The van der Waals surface area contributed by atoms with Crippen LogP contribution in [0.5, 0.6) is 5.75 Å². The van der Waals surface area contributed by atoms with Gasteiger partial charge in [-0.25, -0.2) is 0 Å². The molecular formula is C16H25NO2. The number of benzene rings is 1. The molecular weight excluding hydrogens is 238 g/mol. The lowest BCUT2D eigenvalue weighted by molar-refractivity contribution is 0.0762. The molecule has 2 unspecified atom stereocenters. The molecule has 3 nitrogen and oxygen atoms in total. The van der Waals surface area contributed by atoms with Crippen molar-refractivity contribution in [3.05, 3.63) is 29.8 Å². The summed E-state index contributed by atoms with van der Waals surface area (Å²) in [5.41, 5.74) is 1.36. The molecule has 1 aliphatic heterocycles. The third-order valence-corrected chi connectivity index (χ3v) is 3.78. The van der Waals surface area contributed by atoms with Crippen LogP contribution in [0.4, 0.5) is 0 Å². The lowest BCUT2D eigenvalue weighted by Gasteiger charge is -2.23. The molecule has 0 aromatic heterocycles. The Balaban J connectivity index is 1.86. The van der Waals surface area contributed by atoms with Crippen molar-refractivity contribution in [3.8, 4) is 5.75 Å². The Labute approximate surface area is 116 Å². The molecule has 2 atom stereocenters. The van der Waals surface area contributed by atoms with Gasteiger partial charge in [0.15, 0.2) is 0 Å². The topological polar surface area (TPSA) is 30.5 Å². The molecule has 0 aliphatic carbocycles. The lowest BCUT2D eigenvalue weighted by Crippen LogP contribution is -2.39. The van der Waals surface area contributed by atoms with E-state index in [9.17, 15) is 0 Å². The first kappa shape index (κ1) is 14.4. The first-order chi connectivity index (χ1) is 9.33. The van der Waals surface area contributed by atoms with Crippen molar-refractivity contribution < 1.29 is 9.47 Å². The molecule has 0 saturated carbocycles. The SMILES string of the molecule is CCNC(CCc1ccc(OC)cc1)C1CCCO1. The lowest BCUT2D eigenvalue weighted by atomic mass is 9.99. The summed E-state index contributed by atoms with van der Waals surface area (Å²) in [4.78, 5) is 0. The Morgan fingerprint density at radius 1 is 1.37 bits per heavy atom. The number of methoxy groups -OCH3 is 1. The molecule has 0 spiro atoms. The average Bonchev–Trinajstić information content (AvgIpc) is 2.98. The highest BCUT2D eigenvalue weighted by Gasteiger charge is 2.24. The molecule has 1 fully saturated rings. The van der Waals surface area contributed by atoms with Gasteiger partial charge in [-0.05, 0) is 49.9 Å². The minimum absolute atomic E-state index is 0.401. The zero-order valence-electron chi connectivity index (χ0n) is 12.0. The maximum atomic E-state index is 5.81. The van der Waals surface area contributed by atoms with Crippen molar-refractivity contribution in [3.63, 3.8) is 0 Å². The van der Waals surface area contributed by atoms with E-state index in [-0.39, 0.29) is 0 Å². The first-order valence-electron chi connectivity index (χ1n) is 7.31. The highest BCUT2D eigenvalue weighted by atomic mass is 16.5. The summed E-state index contributed by atoms with van der Waals surface area (Å²) < 4.78 is 11.0. The van der Waals surface area contributed by atoms with Crippen LogP contribution < -0.4 is 10.1 Å². The highest BCUT2D eigenvalue weighted by Crippen LogP contribution is 2.20. The van der Waals surface area contributed by atoms with E-state index in [1.54, 1.807) is 7.11 Å². The molecule has 0 bridgehead atoms. The van der Waals surface area contributed by atoms with Crippen molar-refractivity contribution in [1.29, 1.82) is 0 Å². The van der Waals surface area contributed by atoms with Crippen LogP contribution in [0.1, 0.15) is 31.7 Å². The fraction of sp³-hybridized carbons (Fsp3) is 0.625. The summed E-state index contributed by atoms with van der Waals surface area (Å²) in [7, 11) is 1.70. The van der Waals surface area contributed by atoms with Crippen LogP contribution in [0.3, 0.4) is 0 Å². The van der Waals surface area contributed by atoms with E-state index in [4.69, 9.17) is 9.47 Å². The molecule has 1 aliphatic rings. The van der Waals surface area contributed by atoms with Crippen molar-refractivity contribution in [2.24, 2.45) is 0 Å². The second-order valence-corrected chi connectivity index (χ2v) is 5.10. The second-order valence-electron chi connectivity index (χ2n) is 5.10. The van der Waals surface area contributed by atoms with Crippen LogP contribution in [0, 0.1) is 0 Å². The van der Waals surface area contributed by atoms with Gasteiger partial charge in [-0.1, -0.05) is 19.1 Å². The Morgan fingerprint density at radius 3 is 2.74 bits per heavy atom. The van der Waals surface area contributed by atoms with E-state index in [2.05, 4.69) is 24.4 Å². The summed E-state index contributed by atoms with van der Waals surface area (Å²) in [6.45, 7) is 4.09. The Morgan fingerprint density at radius 2 is 2.16 bits per heavy atom. The Kier molecular flexibility index (Phi) is 5.67. The third kappa shape index (κ3) is 4.22. The summed E-state index contributed by atoms with van der Waals surface area (Å²) >= 11 is 0.